The third kappa shape index (κ3) is 4.07. The Hall–Kier alpha value is -3.13. The summed E-state index contributed by atoms with van der Waals surface area (Å²) >= 11 is 0. The molecule has 0 spiro atoms. The van der Waals surface area contributed by atoms with Crippen molar-refractivity contribution in [2.75, 3.05) is 31.5 Å². The van der Waals surface area contributed by atoms with E-state index in [1.165, 1.54) is 25.0 Å². The average Bonchev–Trinajstić information content (AvgIpc) is 3.42. The summed E-state index contributed by atoms with van der Waals surface area (Å²) in [5.41, 5.74) is 3.07. The first-order chi connectivity index (χ1) is 15.1. The number of rotatable bonds is 2. The van der Waals surface area contributed by atoms with Gasteiger partial charge in [-0.2, -0.15) is 5.10 Å². The molecule has 8 heteroatoms. The maximum absolute atomic E-state index is 14.1. The molecule has 2 atom stereocenters. The van der Waals surface area contributed by atoms with E-state index in [1.807, 2.05) is 19.2 Å². The van der Waals surface area contributed by atoms with Crippen LogP contribution in [0.25, 0.3) is 11.3 Å². The van der Waals surface area contributed by atoms with Gasteiger partial charge in [0.2, 0.25) is 0 Å². The van der Waals surface area contributed by atoms with E-state index in [0.29, 0.717) is 23.8 Å². The maximum atomic E-state index is 14.1. The monoisotopic (exact) mass is 422 g/mol. The minimum absolute atomic E-state index is 0.117. The van der Waals surface area contributed by atoms with Crippen molar-refractivity contribution >= 4 is 17.2 Å². The van der Waals surface area contributed by atoms with Crippen LogP contribution in [0.15, 0.2) is 43.2 Å². The molecule has 2 N–H and O–H groups in total. The molecular formula is C23H27FN6O. The van der Waals surface area contributed by atoms with Crippen LogP contribution in [0.4, 0.5) is 10.2 Å². The van der Waals surface area contributed by atoms with Crippen LogP contribution < -0.4 is 15.4 Å². The Labute approximate surface area is 180 Å². The SMILES string of the molecule is C=C1NC[C@@H](CN2CCCC2)Oc2ccc(F)cc2[C@@H](C)Nc2ccn3ncc1c3n2. The molecule has 2 aliphatic heterocycles. The summed E-state index contributed by atoms with van der Waals surface area (Å²) in [6.07, 6.45) is 5.93. The van der Waals surface area contributed by atoms with Crippen LogP contribution in [0.2, 0.25) is 0 Å². The van der Waals surface area contributed by atoms with Gasteiger partial charge in [0.05, 0.1) is 24.3 Å². The number of likely N-dealkylation sites (tertiary alicyclic amines) is 1. The molecule has 0 unspecified atom stereocenters. The van der Waals surface area contributed by atoms with E-state index in [4.69, 9.17) is 9.72 Å². The van der Waals surface area contributed by atoms with E-state index >= 15 is 0 Å². The molecule has 2 aromatic heterocycles. The van der Waals surface area contributed by atoms with Crippen LogP contribution >= 0.6 is 0 Å². The molecule has 2 aliphatic rings. The molecule has 31 heavy (non-hydrogen) atoms. The number of hydrogen-bond acceptors (Lipinski definition) is 6. The first kappa shape index (κ1) is 19.8. The van der Waals surface area contributed by atoms with Crippen molar-refractivity contribution in [2.24, 2.45) is 0 Å². The van der Waals surface area contributed by atoms with Crippen molar-refractivity contribution in [1.82, 2.24) is 24.8 Å². The number of benzene rings is 1. The number of anilines is 1. The standard InChI is InChI=1S/C23H27FN6O/c1-15-20-13-26-30-10-7-22(28-23(20)30)27-16(2)19-11-17(24)5-6-21(19)31-18(12-25-15)14-29-8-3-4-9-29/h5-7,10-11,13,16,18,25H,1,3-4,8-9,12,14H2,2H3,(H,27,28)/t16-,18+/m1/s1. The first-order valence-corrected chi connectivity index (χ1v) is 10.8. The van der Waals surface area contributed by atoms with E-state index in [2.05, 4.69) is 27.2 Å². The molecule has 1 aromatic carbocycles. The maximum Gasteiger partial charge on any atom is 0.166 e. The summed E-state index contributed by atoms with van der Waals surface area (Å²) in [7, 11) is 0. The van der Waals surface area contributed by atoms with Crippen molar-refractivity contribution in [1.29, 1.82) is 0 Å². The van der Waals surface area contributed by atoms with Crippen molar-refractivity contribution in [3.05, 3.63) is 60.2 Å². The zero-order chi connectivity index (χ0) is 21.4. The van der Waals surface area contributed by atoms with Crippen LogP contribution in [-0.2, 0) is 0 Å². The lowest BCUT2D eigenvalue weighted by Crippen LogP contribution is -2.40. The lowest BCUT2D eigenvalue weighted by atomic mass is 10.1. The third-order valence-corrected chi connectivity index (χ3v) is 5.99. The van der Waals surface area contributed by atoms with Gasteiger partial charge in [0.25, 0.3) is 0 Å². The van der Waals surface area contributed by atoms with E-state index in [9.17, 15) is 4.39 Å². The van der Waals surface area contributed by atoms with Crippen molar-refractivity contribution < 1.29 is 9.13 Å². The highest BCUT2D eigenvalue weighted by Gasteiger charge is 2.23. The summed E-state index contributed by atoms with van der Waals surface area (Å²) in [5, 5.41) is 11.2. The van der Waals surface area contributed by atoms with Gasteiger partial charge >= 0.3 is 0 Å². The fraction of sp³-hybridized carbons (Fsp3) is 0.391. The summed E-state index contributed by atoms with van der Waals surface area (Å²) in [6.45, 7) is 9.72. The van der Waals surface area contributed by atoms with Gasteiger partial charge in [0, 0.05) is 24.0 Å². The molecule has 5 rings (SSSR count). The fourth-order valence-electron chi connectivity index (χ4n) is 4.34. The van der Waals surface area contributed by atoms with Crippen LogP contribution in [0.3, 0.4) is 0 Å². The quantitative estimate of drug-likeness (QED) is 0.659. The van der Waals surface area contributed by atoms with Gasteiger partial charge in [-0.1, -0.05) is 6.58 Å². The molecule has 3 aromatic rings. The molecule has 1 fully saturated rings. The number of nitrogens with zero attached hydrogens (tertiary/aromatic N) is 4. The Morgan fingerprint density at radius 1 is 1.26 bits per heavy atom. The Morgan fingerprint density at radius 2 is 2.10 bits per heavy atom. The molecule has 2 bridgehead atoms. The number of nitrogens with one attached hydrogen (secondary N) is 2. The second-order valence-corrected chi connectivity index (χ2v) is 8.29. The largest absolute Gasteiger partial charge is 0.487 e. The smallest absolute Gasteiger partial charge is 0.166 e. The highest BCUT2D eigenvalue weighted by atomic mass is 19.1. The van der Waals surface area contributed by atoms with E-state index in [0.717, 1.165) is 36.5 Å². The van der Waals surface area contributed by atoms with Crippen LogP contribution in [0, 0.1) is 5.82 Å². The zero-order valence-corrected chi connectivity index (χ0v) is 17.6. The lowest BCUT2D eigenvalue weighted by molar-refractivity contribution is 0.147. The van der Waals surface area contributed by atoms with Gasteiger partial charge in [0.15, 0.2) is 5.65 Å². The van der Waals surface area contributed by atoms with Crippen LogP contribution in [0.5, 0.6) is 5.75 Å². The van der Waals surface area contributed by atoms with Gasteiger partial charge in [-0.25, -0.2) is 13.9 Å². The molecule has 1 saturated heterocycles. The number of aromatic nitrogens is 3. The predicted molar refractivity (Wildman–Crippen MR) is 119 cm³/mol. The Kier molecular flexibility index (Phi) is 5.23. The topological polar surface area (TPSA) is 66.7 Å². The second-order valence-electron chi connectivity index (χ2n) is 8.29. The summed E-state index contributed by atoms with van der Waals surface area (Å²) < 4.78 is 22.3. The van der Waals surface area contributed by atoms with Crippen molar-refractivity contribution in [2.45, 2.75) is 31.9 Å². The minimum Gasteiger partial charge on any atom is -0.487 e. The number of hydrogen-bond donors (Lipinski definition) is 2. The normalized spacial score (nSPS) is 22.1. The van der Waals surface area contributed by atoms with Gasteiger partial charge in [-0.3, -0.25) is 4.90 Å². The summed E-state index contributed by atoms with van der Waals surface area (Å²) in [5.74, 6) is 1.07. The molecule has 162 valence electrons. The molecular weight excluding hydrogens is 395 g/mol. The second kappa shape index (κ2) is 8.19. The predicted octanol–water partition coefficient (Wildman–Crippen LogP) is 3.46. The van der Waals surface area contributed by atoms with Gasteiger partial charge in [-0.15, -0.1) is 0 Å². The lowest BCUT2D eigenvalue weighted by Gasteiger charge is -2.27. The Bertz CT molecular complexity index is 1110. The number of halogens is 1. The van der Waals surface area contributed by atoms with Crippen molar-refractivity contribution in [3.8, 4) is 5.75 Å². The highest BCUT2D eigenvalue weighted by molar-refractivity contribution is 5.73. The van der Waals surface area contributed by atoms with Crippen LogP contribution in [0.1, 0.15) is 36.9 Å². The molecule has 0 radical (unpaired) electrons. The zero-order valence-electron chi connectivity index (χ0n) is 17.6. The van der Waals surface area contributed by atoms with E-state index < -0.39 is 0 Å². The van der Waals surface area contributed by atoms with Gasteiger partial charge in [-0.05, 0) is 57.1 Å². The third-order valence-electron chi connectivity index (χ3n) is 5.99. The molecule has 4 heterocycles. The summed E-state index contributed by atoms with van der Waals surface area (Å²) in [4.78, 5) is 7.14. The minimum atomic E-state index is -0.288. The van der Waals surface area contributed by atoms with Gasteiger partial charge < -0.3 is 15.4 Å². The first-order valence-electron chi connectivity index (χ1n) is 10.8. The molecule has 0 amide bonds. The molecule has 0 aliphatic carbocycles. The Morgan fingerprint density at radius 3 is 2.94 bits per heavy atom. The summed E-state index contributed by atoms with van der Waals surface area (Å²) in [6, 6.07) is 6.36. The molecule has 0 saturated carbocycles. The average molecular weight is 423 g/mol. The van der Waals surface area contributed by atoms with E-state index in [1.54, 1.807) is 16.8 Å². The Balaban J connectivity index is 1.54. The number of ether oxygens (including phenoxy) is 1. The van der Waals surface area contributed by atoms with Crippen LogP contribution in [-0.4, -0.2) is 51.8 Å². The van der Waals surface area contributed by atoms with Gasteiger partial charge in [0.1, 0.15) is 23.5 Å². The number of fused-ring (bicyclic) bond motifs is 2. The highest BCUT2D eigenvalue weighted by Crippen LogP contribution is 2.30. The van der Waals surface area contributed by atoms with E-state index in [-0.39, 0.29) is 18.0 Å². The fourth-order valence-corrected chi connectivity index (χ4v) is 4.34. The molecule has 7 nitrogen and oxygen atoms in total. The van der Waals surface area contributed by atoms with Crippen molar-refractivity contribution in [3.63, 3.8) is 0 Å².